The average molecular weight is 497 g/mol. The topological polar surface area (TPSA) is 77.0 Å². The third-order valence-corrected chi connectivity index (χ3v) is 7.29. The molecule has 4 aromatic rings. The molecule has 2 aromatic carbocycles. The Morgan fingerprint density at radius 2 is 1.88 bits per heavy atom. The van der Waals surface area contributed by atoms with Crippen LogP contribution in [0.5, 0.6) is 5.75 Å². The third-order valence-electron chi connectivity index (χ3n) is 4.79. The first-order chi connectivity index (χ1) is 16.0. The van der Waals surface area contributed by atoms with Crippen LogP contribution in [0.1, 0.15) is 11.3 Å². The molecule has 0 spiro atoms. The van der Waals surface area contributed by atoms with E-state index < -0.39 is 0 Å². The summed E-state index contributed by atoms with van der Waals surface area (Å²) in [5.74, 6) is 0.935. The van der Waals surface area contributed by atoms with Gasteiger partial charge in [-0.1, -0.05) is 53.7 Å². The molecule has 2 heterocycles. The number of nitrogens with zero attached hydrogens (tertiary/aromatic N) is 3. The van der Waals surface area contributed by atoms with Gasteiger partial charge in [-0.15, -0.1) is 21.5 Å². The van der Waals surface area contributed by atoms with Crippen molar-refractivity contribution in [3.63, 3.8) is 0 Å². The van der Waals surface area contributed by atoms with Gasteiger partial charge >= 0.3 is 0 Å². The van der Waals surface area contributed by atoms with Crippen molar-refractivity contribution in [2.45, 2.75) is 18.5 Å². The number of hydrogen-bond donors (Lipinski definition) is 1. The van der Waals surface area contributed by atoms with Gasteiger partial charge in [0.05, 0.1) is 29.0 Å². The number of thiazole rings is 1. The Kier molecular flexibility index (Phi) is 7.59. The summed E-state index contributed by atoms with van der Waals surface area (Å²) in [7, 11) is 1.65. The van der Waals surface area contributed by atoms with Crippen molar-refractivity contribution < 1.29 is 9.53 Å². The van der Waals surface area contributed by atoms with Crippen molar-refractivity contribution in [3.8, 4) is 26.9 Å². The Balaban J connectivity index is 1.38. The van der Waals surface area contributed by atoms with Gasteiger partial charge in [0.1, 0.15) is 21.5 Å². The standard InChI is InChI=1S/C24H21ClN4O2S2/c1-15-23(33-24(27-15)17-8-4-6-10-20(17)31-2)19-11-12-22(29-28-19)32-14-21(30)26-13-16-7-3-5-9-18(16)25/h3-12H,13-14H2,1-2H3,(H,26,30). The Morgan fingerprint density at radius 3 is 2.64 bits per heavy atom. The summed E-state index contributed by atoms with van der Waals surface area (Å²) < 4.78 is 5.46. The number of aryl methyl sites for hydroxylation is 1. The lowest BCUT2D eigenvalue weighted by Gasteiger charge is -2.06. The van der Waals surface area contributed by atoms with E-state index in [1.54, 1.807) is 24.5 Å². The number of methoxy groups -OCH3 is 1. The molecule has 0 saturated heterocycles. The number of aromatic nitrogens is 3. The molecule has 4 rings (SSSR count). The van der Waals surface area contributed by atoms with Crippen molar-refractivity contribution in [3.05, 3.63) is 76.9 Å². The van der Waals surface area contributed by atoms with Crippen LogP contribution in [0.25, 0.3) is 21.1 Å². The van der Waals surface area contributed by atoms with Crippen molar-refractivity contribution in [1.82, 2.24) is 20.5 Å². The van der Waals surface area contributed by atoms with Crippen LogP contribution in [0.3, 0.4) is 0 Å². The third kappa shape index (κ3) is 5.71. The molecular weight excluding hydrogens is 476 g/mol. The van der Waals surface area contributed by atoms with Crippen LogP contribution in [0.15, 0.2) is 65.7 Å². The van der Waals surface area contributed by atoms with E-state index in [0.717, 1.165) is 38.1 Å². The summed E-state index contributed by atoms with van der Waals surface area (Å²) in [4.78, 5) is 17.8. The number of carbonyl (C=O) groups excluding carboxylic acids is 1. The molecular formula is C24H21ClN4O2S2. The zero-order valence-electron chi connectivity index (χ0n) is 18.0. The number of hydrogen-bond acceptors (Lipinski definition) is 7. The molecule has 0 fully saturated rings. The average Bonchev–Trinajstić information content (AvgIpc) is 3.23. The summed E-state index contributed by atoms with van der Waals surface area (Å²) in [6, 6.07) is 19.0. The SMILES string of the molecule is COc1ccccc1-c1nc(C)c(-c2ccc(SCC(=O)NCc3ccccc3Cl)nn2)s1. The molecule has 0 aliphatic rings. The van der Waals surface area contributed by atoms with E-state index in [4.69, 9.17) is 21.3 Å². The number of thioether (sulfide) groups is 1. The van der Waals surface area contributed by atoms with Gasteiger partial charge in [0.2, 0.25) is 5.91 Å². The van der Waals surface area contributed by atoms with Gasteiger partial charge < -0.3 is 10.1 Å². The lowest BCUT2D eigenvalue weighted by molar-refractivity contribution is -0.118. The van der Waals surface area contributed by atoms with Gasteiger partial charge in [-0.3, -0.25) is 4.79 Å². The fraction of sp³-hybridized carbons (Fsp3) is 0.167. The fourth-order valence-corrected chi connectivity index (χ4v) is 5.02. The van der Waals surface area contributed by atoms with Gasteiger partial charge in [0.15, 0.2) is 0 Å². The molecule has 0 atom stereocenters. The van der Waals surface area contributed by atoms with Crippen LogP contribution in [-0.2, 0) is 11.3 Å². The maximum atomic E-state index is 12.2. The Morgan fingerprint density at radius 1 is 1.09 bits per heavy atom. The first-order valence-corrected chi connectivity index (χ1v) is 12.3. The van der Waals surface area contributed by atoms with Crippen LogP contribution in [0.4, 0.5) is 0 Å². The van der Waals surface area contributed by atoms with E-state index >= 15 is 0 Å². The van der Waals surface area contributed by atoms with Crippen LogP contribution >= 0.6 is 34.7 Å². The predicted molar refractivity (Wildman–Crippen MR) is 134 cm³/mol. The highest BCUT2D eigenvalue weighted by Crippen LogP contribution is 2.38. The number of nitrogens with one attached hydrogen (secondary N) is 1. The van der Waals surface area contributed by atoms with E-state index in [1.165, 1.54) is 11.8 Å². The molecule has 1 N–H and O–H groups in total. The smallest absolute Gasteiger partial charge is 0.230 e. The first kappa shape index (κ1) is 23.2. The van der Waals surface area contributed by atoms with Crippen molar-refractivity contribution in [1.29, 1.82) is 0 Å². The van der Waals surface area contributed by atoms with Gasteiger partial charge in [-0.25, -0.2) is 4.98 Å². The molecule has 0 bridgehead atoms. The van der Waals surface area contributed by atoms with Crippen LogP contribution in [0, 0.1) is 6.92 Å². The quantitative estimate of drug-likeness (QED) is 0.318. The summed E-state index contributed by atoms with van der Waals surface area (Å²) in [6.45, 7) is 2.35. The molecule has 0 saturated carbocycles. The maximum absolute atomic E-state index is 12.2. The van der Waals surface area contributed by atoms with E-state index in [2.05, 4.69) is 15.5 Å². The van der Waals surface area contributed by atoms with E-state index in [0.29, 0.717) is 16.6 Å². The number of halogens is 1. The van der Waals surface area contributed by atoms with Gasteiger partial charge in [0.25, 0.3) is 0 Å². The van der Waals surface area contributed by atoms with Gasteiger partial charge in [0, 0.05) is 11.6 Å². The lowest BCUT2D eigenvalue weighted by Crippen LogP contribution is -2.24. The zero-order valence-corrected chi connectivity index (χ0v) is 20.4. The number of benzene rings is 2. The summed E-state index contributed by atoms with van der Waals surface area (Å²) in [5, 5.41) is 13.7. The second kappa shape index (κ2) is 10.8. The minimum atomic E-state index is -0.0921. The zero-order chi connectivity index (χ0) is 23.2. The number of rotatable bonds is 8. The molecule has 2 aromatic heterocycles. The second-order valence-corrected chi connectivity index (χ2v) is 9.45. The van der Waals surface area contributed by atoms with E-state index in [9.17, 15) is 4.79 Å². The minimum absolute atomic E-state index is 0.0921. The fourth-order valence-electron chi connectivity index (χ4n) is 3.11. The highest BCUT2D eigenvalue weighted by atomic mass is 35.5. The van der Waals surface area contributed by atoms with Crippen molar-refractivity contribution >= 4 is 40.6 Å². The Bertz CT molecular complexity index is 1260. The molecule has 0 radical (unpaired) electrons. The number of para-hydroxylation sites is 1. The molecule has 0 unspecified atom stereocenters. The monoisotopic (exact) mass is 496 g/mol. The largest absolute Gasteiger partial charge is 0.496 e. The summed E-state index contributed by atoms with van der Waals surface area (Å²) in [6.07, 6.45) is 0. The molecule has 168 valence electrons. The summed E-state index contributed by atoms with van der Waals surface area (Å²) >= 11 is 9.01. The summed E-state index contributed by atoms with van der Waals surface area (Å²) in [5.41, 5.74) is 3.46. The Labute approximate surface area is 205 Å². The van der Waals surface area contributed by atoms with Crippen molar-refractivity contribution in [2.24, 2.45) is 0 Å². The molecule has 33 heavy (non-hydrogen) atoms. The molecule has 1 amide bonds. The lowest BCUT2D eigenvalue weighted by atomic mass is 10.2. The van der Waals surface area contributed by atoms with Crippen LogP contribution < -0.4 is 10.1 Å². The van der Waals surface area contributed by atoms with Gasteiger partial charge in [-0.2, -0.15) is 0 Å². The highest BCUT2D eigenvalue weighted by molar-refractivity contribution is 7.99. The highest BCUT2D eigenvalue weighted by Gasteiger charge is 2.16. The number of carbonyl (C=O) groups is 1. The number of ether oxygens (including phenoxy) is 1. The van der Waals surface area contributed by atoms with Crippen molar-refractivity contribution in [2.75, 3.05) is 12.9 Å². The Hall–Kier alpha value is -2.94. The van der Waals surface area contributed by atoms with Crippen LogP contribution in [0.2, 0.25) is 5.02 Å². The second-order valence-electron chi connectivity index (χ2n) is 7.05. The normalized spacial score (nSPS) is 10.8. The molecule has 0 aliphatic heterocycles. The molecule has 9 heteroatoms. The van der Waals surface area contributed by atoms with E-state index in [-0.39, 0.29) is 11.7 Å². The minimum Gasteiger partial charge on any atom is -0.496 e. The van der Waals surface area contributed by atoms with Crippen LogP contribution in [-0.4, -0.2) is 34.0 Å². The first-order valence-electron chi connectivity index (χ1n) is 10.1. The predicted octanol–water partition coefficient (Wildman–Crippen LogP) is 5.65. The number of amides is 1. The maximum Gasteiger partial charge on any atom is 0.230 e. The van der Waals surface area contributed by atoms with E-state index in [1.807, 2.05) is 61.5 Å². The molecule has 6 nitrogen and oxygen atoms in total. The molecule has 0 aliphatic carbocycles. The van der Waals surface area contributed by atoms with Gasteiger partial charge in [-0.05, 0) is 42.8 Å².